The molecule has 1 amide bonds. The van der Waals surface area contributed by atoms with Gasteiger partial charge in [0.1, 0.15) is 5.75 Å². The van der Waals surface area contributed by atoms with Crippen molar-refractivity contribution >= 4 is 23.6 Å². The third-order valence-electron chi connectivity index (χ3n) is 2.91. The van der Waals surface area contributed by atoms with Crippen molar-refractivity contribution in [1.29, 1.82) is 0 Å². The molecule has 0 aromatic heterocycles. The minimum Gasteiger partial charge on any atom is -0.508 e. The fourth-order valence-electron chi connectivity index (χ4n) is 1.77. The smallest absolute Gasteiger partial charge is 0.316 e. The lowest BCUT2D eigenvalue weighted by Gasteiger charge is -2.26. The number of amides is 1. The predicted molar refractivity (Wildman–Crippen MR) is 77.2 cm³/mol. The van der Waals surface area contributed by atoms with Gasteiger partial charge in [-0.1, -0.05) is 0 Å². The topological polar surface area (TPSA) is 76.1 Å². The Balaban J connectivity index is 1.67. The number of hydrogen-bond donors (Lipinski definition) is 1. The molecule has 1 N–H and O–H groups in total. The van der Waals surface area contributed by atoms with Crippen LogP contribution in [-0.2, 0) is 19.1 Å². The Kier molecular flexibility index (Phi) is 5.89. The monoisotopic (exact) mass is 311 g/mol. The Morgan fingerprint density at radius 2 is 1.90 bits per heavy atom. The number of morpholine rings is 1. The molecule has 21 heavy (non-hydrogen) atoms. The highest BCUT2D eigenvalue weighted by Crippen LogP contribution is 2.20. The number of hydrogen-bond acceptors (Lipinski definition) is 6. The van der Waals surface area contributed by atoms with Gasteiger partial charge in [-0.25, -0.2) is 0 Å². The molecule has 6 nitrogen and oxygen atoms in total. The molecule has 1 aliphatic heterocycles. The molecular formula is C14H17NO5S. The molecule has 2 rings (SSSR count). The van der Waals surface area contributed by atoms with E-state index in [1.807, 2.05) is 0 Å². The maximum atomic E-state index is 11.8. The van der Waals surface area contributed by atoms with E-state index in [0.717, 1.165) is 4.90 Å². The van der Waals surface area contributed by atoms with Crippen molar-refractivity contribution in [2.24, 2.45) is 0 Å². The summed E-state index contributed by atoms with van der Waals surface area (Å²) in [6, 6.07) is 6.53. The van der Waals surface area contributed by atoms with E-state index in [4.69, 9.17) is 14.6 Å². The van der Waals surface area contributed by atoms with Gasteiger partial charge in [0.25, 0.3) is 5.91 Å². The maximum Gasteiger partial charge on any atom is 0.316 e. The summed E-state index contributed by atoms with van der Waals surface area (Å²) in [6.07, 6.45) is 0. The minimum absolute atomic E-state index is 0.126. The second-order valence-corrected chi connectivity index (χ2v) is 5.49. The lowest BCUT2D eigenvalue weighted by Crippen LogP contribution is -2.42. The molecule has 0 radical (unpaired) electrons. The third kappa shape index (κ3) is 5.28. The molecular weight excluding hydrogens is 294 g/mol. The Bertz CT molecular complexity index is 485. The summed E-state index contributed by atoms with van der Waals surface area (Å²) in [5.41, 5.74) is 0. The number of esters is 1. The summed E-state index contributed by atoms with van der Waals surface area (Å²) >= 11 is 1.29. The summed E-state index contributed by atoms with van der Waals surface area (Å²) in [5, 5.41) is 9.15. The molecule has 0 atom stereocenters. The molecule has 1 heterocycles. The van der Waals surface area contributed by atoms with Crippen molar-refractivity contribution in [3.05, 3.63) is 24.3 Å². The molecule has 1 aliphatic rings. The van der Waals surface area contributed by atoms with E-state index >= 15 is 0 Å². The van der Waals surface area contributed by atoms with Crippen molar-refractivity contribution in [2.75, 3.05) is 38.7 Å². The van der Waals surface area contributed by atoms with Crippen molar-refractivity contribution in [2.45, 2.75) is 4.90 Å². The highest BCUT2D eigenvalue weighted by Gasteiger charge is 2.18. The van der Waals surface area contributed by atoms with Crippen LogP contribution in [0.4, 0.5) is 0 Å². The zero-order valence-corrected chi connectivity index (χ0v) is 12.3. The molecule has 1 fully saturated rings. The quantitative estimate of drug-likeness (QED) is 0.643. The van der Waals surface area contributed by atoms with Crippen molar-refractivity contribution < 1.29 is 24.2 Å². The minimum atomic E-state index is -0.435. The van der Waals surface area contributed by atoms with Crippen LogP contribution in [0, 0.1) is 0 Å². The molecule has 7 heteroatoms. The Morgan fingerprint density at radius 3 is 2.57 bits per heavy atom. The van der Waals surface area contributed by atoms with Gasteiger partial charge in [-0.05, 0) is 24.3 Å². The van der Waals surface area contributed by atoms with Gasteiger partial charge in [0.15, 0.2) is 6.61 Å². The number of carbonyl (C=O) groups is 2. The van der Waals surface area contributed by atoms with Crippen LogP contribution in [0.5, 0.6) is 5.75 Å². The zero-order valence-electron chi connectivity index (χ0n) is 11.5. The summed E-state index contributed by atoms with van der Waals surface area (Å²) in [4.78, 5) is 25.8. The van der Waals surface area contributed by atoms with Crippen LogP contribution in [0.1, 0.15) is 0 Å². The van der Waals surface area contributed by atoms with Gasteiger partial charge >= 0.3 is 5.97 Å². The molecule has 1 aromatic rings. The Hall–Kier alpha value is -1.73. The standard InChI is InChI=1S/C14H17NO5S/c16-11-1-3-12(4-2-11)21-10-14(18)20-9-13(17)15-5-7-19-8-6-15/h1-4,16H,5-10H2. The maximum absolute atomic E-state index is 11.8. The molecule has 0 bridgehead atoms. The van der Waals surface area contributed by atoms with Crippen molar-refractivity contribution in [3.63, 3.8) is 0 Å². The number of rotatable bonds is 5. The number of phenolic OH excluding ortho intramolecular Hbond substituents is 1. The lowest BCUT2D eigenvalue weighted by atomic mass is 10.3. The zero-order chi connectivity index (χ0) is 15.1. The number of ether oxygens (including phenoxy) is 2. The van der Waals surface area contributed by atoms with E-state index in [2.05, 4.69) is 0 Å². The fraction of sp³-hybridized carbons (Fsp3) is 0.429. The third-order valence-corrected chi connectivity index (χ3v) is 3.90. The second kappa shape index (κ2) is 7.90. The van der Waals surface area contributed by atoms with E-state index in [-0.39, 0.29) is 24.0 Å². The van der Waals surface area contributed by atoms with E-state index in [1.54, 1.807) is 29.2 Å². The number of nitrogens with zero attached hydrogens (tertiary/aromatic N) is 1. The van der Waals surface area contributed by atoms with E-state index < -0.39 is 5.97 Å². The summed E-state index contributed by atoms with van der Waals surface area (Å²) in [5.74, 6) is -0.324. The SMILES string of the molecule is O=C(CSc1ccc(O)cc1)OCC(=O)N1CCOCC1. The van der Waals surface area contributed by atoms with Gasteiger partial charge in [0.05, 0.1) is 19.0 Å². The van der Waals surface area contributed by atoms with Crippen LogP contribution in [-0.4, -0.2) is 60.5 Å². The molecule has 0 aliphatic carbocycles. The average molecular weight is 311 g/mol. The first-order valence-electron chi connectivity index (χ1n) is 6.58. The molecule has 114 valence electrons. The largest absolute Gasteiger partial charge is 0.508 e. The van der Waals surface area contributed by atoms with Crippen molar-refractivity contribution in [1.82, 2.24) is 4.90 Å². The van der Waals surface area contributed by atoms with E-state index in [1.165, 1.54) is 11.8 Å². The number of thioether (sulfide) groups is 1. The average Bonchev–Trinajstić information content (AvgIpc) is 2.53. The summed E-state index contributed by atoms with van der Waals surface area (Å²) in [6.45, 7) is 1.90. The summed E-state index contributed by atoms with van der Waals surface area (Å²) in [7, 11) is 0. The van der Waals surface area contributed by atoms with Crippen LogP contribution < -0.4 is 0 Å². The normalized spacial score (nSPS) is 14.8. The Labute approximate surface area is 127 Å². The first-order chi connectivity index (χ1) is 10.1. The van der Waals surface area contributed by atoms with Gasteiger partial charge in [-0.15, -0.1) is 11.8 Å². The molecule has 0 spiro atoms. The fourth-order valence-corrected chi connectivity index (χ4v) is 2.47. The number of aromatic hydroxyl groups is 1. The number of benzene rings is 1. The Morgan fingerprint density at radius 1 is 1.24 bits per heavy atom. The van der Waals surface area contributed by atoms with Crippen LogP contribution in [0.25, 0.3) is 0 Å². The predicted octanol–water partition coefficient (Wildman–Crippen LogP) is 0.886. The van der Waals surface area contributed by atoms with Gasteiger partial charge in [0, 0.05) is 18.0 Å². The molecule has 0 unspecified atom stereocenters. The van der Waals surface area contributed by atoms with Crippen molar-refractivity contribution in [3.8, 4) is 5.75 Å². The highest BCUT2D eigenvalue weighted by molar-refractivity contribution is 8.00. The molecule has 1 aromatic carbocycles. The van der Waals surface area contributed by atoms with E-state index in [9.17, 15) is 9.59 Å². The second-order valence-electron chi connectivity index (χ2n) is 4.44. The summed E-state index contributed by atoms with van der Waals surface area (Å²) < 4.78 is 10.1. The number of phenols is 1. The van der Waals surface area contributed by atoms with Gasteiger partial charge in [-0.3, -0.25) is 9.59 Å². The van der Waals surface area contributed by atoms with Gasteiger partial charge in [0.2, 0.25) is 0 Å². The van der Waals surface area contributed by atoms with Crippen LogP contribution >= 0.6 is 11.8 Å². The first-order valence-corrected chi connectivity index (χ1v) is 7.56. The van der Waals surface area contributed by atoms with Gasteiger partial charge < -0.3 is 19.5 Å². The lowest BCUT2D eigenvalue weighted by molar-refractivity contribution is -0.151. The van der Waals surface area contributed by atoms with E-state index in [0.29, 0.717) is 26.3 Å². The van der Waals surface area contributed by atoms with Crippen LogP contribution in [0.3, 0.4) is 0 Å². The van der Waals surface area contributed by atoms with Gasteiger partial charge in [-0.2, -0.15) is 0 Å². The molecule has 1 saturated heterocycles. The number of carbonyl (C=O) groups excluding carboxylic acids is 2. The highest BCUT2D eigenvalue weighted by atomic mass is 32.2. The molecule has 0 saturated carbocycles. The first kappa shape index (κ1) is 15.7. The van der Waals surface area contributed by atoms with Crippen LogP contribution in [0.2, 0.25) is 0 Å². The van der Waals surface area contributed by atoms with Crippen LogP contribution in [0.15, 0.2) is 29.2 Å².